The van der Waals surface area contributed by atoms with E-state index in [1.54, 1.807) is 0 Å². The van der Waals surface area contributed by atoms with Gasteiger partial charge in [-0.15, -0.1) is 0 Å². The number of carboxylic acid groups (broad SMARTS) is 3. The third kappa shape index (κ3) is 9.44. The Morgan fingerprint density at radius 2 is 1.43 bits per heavy atom. The summed E-state index contributed by atoms with van der Waals surface area (Å²) in [5.74, 6) is -7.56. The molecule has 4 atom stereocenters. The number of hydrogen-bond acceptors (Lipinski definition) is 8. The summed E-state index contributed by atoms with van der Waals surface area (Å²) in [4.78, 5) is 67.7. The van der Waals surface area contributed by atoms with E-state index in [2.05, 4.69) is 0 Å². The van der Waals surface area contributed by atoms with E-state index in [0.29, 0.717) is 0 Å². The van der Waals surface area contributed by atoms with Crippen molar-refractivity contribution in [2.45, 2.75) is 44.0 Å². The minimum absolute atomic E-state index is 0.758. The van der Waals surface area contributed by atoms with Crippen LogP contribution in [0.4, 0.5) is 0 Å². The van der Waals surface area contributed by atoms with Gasteiger partial charge in [0.05, 0.1) is 31.5 Å². The number of rotatable bonds is 12. The number of nitrogens with one attached hydrogen (secondary N) is 3. The molecule has 0 saturated carbocycles. The molecule has 28 heavy (non-hydrogen) atoms. The van der Waals surface area contributed by atoms with Crippen LogP contribution in [0.3, 0.4) is 0 Å². The van der Waals surface area contributed by atoms with E-state index in [0.717, 1.165) is 6.92 Å². The zero-order valence-electron chi connectivity index (χ0n) is 14.7. The Morgan fingerprint density at radius 3 is 1.86 bits per heavy atom. The Kier molecular flexibility index (Phi) is 10.1. The highest BCUT2D eigenvalue weighted by Crippen LogP contribution is 1.97. The standard InChI is InChI=1S/C14H22N4O10/c1-5(19)11(14(27)28)18-8(20)4-16-13(26)7(3-10(23)24)17-12(25)6(15)2-9(21)22/h5-7,11,19H,2-4,15H2,1H3,(H,16,26)(H,17,25)(H,18,20)(H,21,22)(H,23,24)(H,27,28). The summed E-state index contributed by atoms with van der Waals surface area (Å²) in [5.41, 5.74) is 5.32. The molecule has 0 heterocycles. The van der Waals surface area contributed by atoms with Gasteiger partial charge in [-0.05, 0) is 6.92 Å². The summed E-state index contributed by atoms with van der Waals surface area (Å²) in [5, 5.41) is 41.4. The molecule has 0 aromatic carbocycles. The third-order valence-electron chi connectivity index (χ3n) is 3.23. The van der Waals surface area contributed by atoms with Crippen molar-refractivity contribution in [3.05, 3.63) is 0 Å². The van der Waals surface area contributed by atoms with Gasteiger partial charge >= 0.3 is 17.9 Å². The molecule has 0 aliphatic rings. The van der Waals surface area contributed by atoms with Crippen LogP contribution in [0.1, 0.15) is 19.8 Å². The smallest absolute Gasteiger partial charge is 0.328 e. The van der Waals surface area contributed by atoms with Crippen LogP contribution in [-0.4, -0.2) is 86.8 Å². The molecule has 0 spiro atoms. The van der Waals surface area contributed by atoms with Gasteiger partial charge in [0.25, 0.3) is 0 Å². The van der Waals surface area contributed by atoms with Crippen molar-refractivity contribution in [2.24, 2.45) is 5.73 Å². The van der Waals surface area contributed by atoms with E-state index in [9.17, 15) is 33.9 Å². The Labute approximate surface area is 158 Å². The molecule has 0 bridgehead atoms. The molecule has 9 N–H and O–H groups in total. The van der Waals surface area contributed by atoms with Gasteiger partial charge < -0.3 is 42.1 Å². The topological polar surface area (TPSA) is 245 Å². The fourth-order valence-electron chi connectivity index (χ4n) is 1.85. The molecule has 0 fully saturated rings. The fourth-order valence-corrected chi connectivity index (χ4v) is 1.85. The average Bonchev–Trinajstić information content (AvgIpc) is 2.55. The molecule has 4 unspecified atom stereocenters. The average molecular weight is 406 g/mol. The lowest BCUT2D eigenvalue weighted by Crippen LogP contribution is -2.55. The minimum Gasteiger partial charge on any atom is -0.481 e. The van der Waals surface area contributed by atoms with Crippen LogP contribution >= 0.6 is 0 Å². The summed E-state index contributed by atoms with van der Waals surface area (Å²) in [6.45, 7) is 0.346. The maximum atomic E-state index is 12.0. The molecule has 0 aliphatic heterocycles. The van der Waals surface area contributed by atoms with Gasteiger partial charge in [-0.3, -0.25) is 24.0 Å². The minimum atomic E-state index is -1.66. The molecular formula is C14H22N4O10. The molecule has 0 aliphatic carbocycles. The van der Waals surface area contributed by atoms with E-state index in [-0.39, 0.29) is 0 Å². The number of nitrogens with two attached hydrogens (primary N) is 1. The second-order valence-electron chi connectivity index (χ2n) is 5.71. The molecule has 14 nitrogen and oxygen atoms in total. The predicted molar refractivity (Wildman–Crippen MR) is 88.7 cm³/mol. The van der Waals surface area contributed by atoms with Crippen LogP contribution in [0.15, 0.2) is 0 Å². The van der Waals surface area contributed by atoms with Crippen molar-refractivity contribution in [1.29, 1.82) is 0 Å². The number of aliphatic hydroxyl groups excluding tert-OH is 1. The van der Waals surface area contributed by atoms with Crippen molar-refractivity contribution in [2.75, 3.05) is 6.54 Å². The van der Waals surface area contributed by atoms with Crippen molar-refractivity contribution in [1.82, 2.24) is 16.0 Å². The zero-order chi connectivity index (χ0) is 22.0. The van der Waals surface area contributed by atoms with Crippen molar-refractivity contribution < 1.29 is 49.2 Å². The highest BCUT2D eigenvalue weighted by atomic mass is 16.4. The number of carbonyl (C=O) groups is 6. The maximum absolute atomic E-state index is 12.0. The molecule has 3 amide bonds. The fraction of sp³-hybridized carbons (Fsp3) is 0.571. The summed E-state index contributed by atoms with van der Waals surface area (Å²) >= 11 is 0. The lowest BCUT2D eigenvalue weighted by molar-refractivity contribution is -0.145. The van der Waals surface area contributed by atoms with E-state index in [1.807, 2.05) is 16.0 Å². The lowest BCUT2D eigenvalue weighted by Gasteiger charge is -2.20. The van der Waals surface area contributed by atoms with Crippen LogP contribution < -0.4 is 21.7 Å². The Morgan fingerprint density at radius 1 is 0.893 bits per heavy atom. The van der Waals surface area contributed by atoms with Crippen molar-refractivity contribution in [3.8, 4) is 0 Å². The SMILES string of the molecule is CC(O)C(NC(=O)CNC(=O)C(CC(=O)O)NC(=O)C(N)CC(=O)O)C(=O)O. The lowest BCUT2D eigenvalue weighted by atomic mass is 10.1. The Bertz CT molecular complexity index is 636. The normalized spacial score (nSPS) is 14.7. The highest BCUT2D eigenvalue weighted by molar-refractivity contribution is 5.95. The van der Waals surface area contributed by atoms with Crippen LogP contribution in [0.2, 0.25) is 0 Å². The van der Waals surface area contributed by atoms with Gasteiger partial charge in [0.1, 0.15) is 6.04 Å². The molecule has 14 heteroatoms. The molecular weight excluding hydrogens is 384 g/mol. The van der Waals surface area contributed by atoms with Gasteiger partial charge in [-0.1, -0.05) is 0 Å². The van der Waals surface area contributed by atoms with Crippen molar-refractivity contribution in [3.63, 3.8) is 0 Å². The number of hydrogen-bond donors (Lipinski definition) is 8. The first-order valence-electron chi connectivity index (χ1n) is 7.82. The molecule has 0 radical (unpaired) electrons. The van der Waals surface area contributed by atoms with Gasteiger partial charge in [-0.2, -0.15) is 0 Å². The second kappa shape index (κ2) is 11.5. The van der Waals surface area contributed by atoms with E-state index >= 15 is 0 Å². The number of carboxylic acids is 3. The van der Waals surface area contributed by atoms with Gasteiger partial charge in [0.15, 0.2) is 6.04 Å². The van der Waals surface area contributed by atoms with Gasteiger partial charge in [0.2, 0.25) is 17.7 Å². The molecule has 0 rings (SSSR count). The summed E-state index contributed by atoms with van der Waals surface area (Å²) in [6.07, 6.45) is -3.07. The van der Waals surface area contributed by atoms with E-state index in [4.69, 9.17) is 21.1 Å². The number of aliphatic carboxylic acids is 3. The largest absolute Gasteiger partial charge is 0.481 e. The van der Waals surface area contributed by atoms with Crippen LogP contribution in [0.5, 0.6) is 0 Å². The first-order chi connectivity index (χ1) is 12.8. The van der Waals surface area contributed by atoms with Crippen LogP contribution in [0, 0.1) is 0 Å². The van der Waals surface area contributed by atoms with E-state index < -0.39 is 79.2 Å². The highest BCUT2D eigenvalue weighted by Gasteiger charge is 2.28. The summed E-state index contributed by atoms with van der Waals surface area (Å²) < 4.78 is 0. The van der Waals surface area contributed by atoms with Crippen LogP contribution in [-0.2, 0) is 28.8 Å². The van der Waals surface area contributed by atoms with Gasteiger partial charge in [0, 0.05) is 0 Å². The molecule has 0 aromatic heterocycles. The first kappa shape index (κ1) is 24.7. The molecule has 158 valence electrons. The molecule has 0 aromatic rings. The molecule has 0 saturated heterocycles. The van der Waals surface area contributed by atoms with Crippen LogP contribution in [0.25, 0.3) is 0 Å². The number of carbonyl (C=O) groups excluding carboxylic acids is 3. The predicted octanol–water partition coefficient (Wildman–Crippen LogP) is -4.19. The summed E-state index contributed by atoms with van der Waals surface area (Å²) in [6, 6.07) is -4.83. The van der Waals surface area contributed by atoms with Gasteiger partial charge in [-0.25, -0.2) is 4.79 Å². The number of aliphatic hydroxyl groups is 1. The monoisotopic (exact) mass is 406 g/mol. The van der Waals surface area contributed by atoms with Crippen molar-refractivity contribution >= 4 is 35.6 Å². The zero-order valence-corrected chi connectivity index (χ0v) is 14.7. The maximum Gasteiger partial charge on any atom is 0.328 e. The third-order valence-corrected chi connectivity index (χ3v) is 3.23. The Hall–Kier alpha value is -3.26. The first-order valence-corrected chi connectivity index (χ1v) is 7.82. The van der Waals surface area contributed by atoms with E-state index in [1.165, 1.54) is 0 Å². The number of amides is 3. The second-order valence-corrected chi connectivity index (χ2v) is 5.71. The quantitative estimate of drug-likeness (QED) is 0.154. The summed E-state index contributed by atoms with van der Waals surface area (Å²) in [7, 11) is 0. The Balaban J connectivity index is 4.87.